The largest absolute Gasteiger partial charge is 0.430 e. The predicted octanol–water partition coefficient (Wildman–Crippen LogP) is 3.91. The zero-order chi connectivity index (χ0) is 14.2. The summed E-state index contributed by atoms with van der Waals surface area (Å²) in [5.41, 5.74) is -0.145. The Balaban J connectivity index is 2.38. The number of nitriles is 1. The lowest BCUT2D eigenvalue weighted by atomic mass is 9.96. The minimum atomic E-state index is -4.45. The molecule has 1 aromatic carbocycles. The third kappa shape index (κ3) is 2.54. The molecule has 2 nitrogen and oxygen atoms in total. The van der Waals surface area contributed by atoms with Gasteiger partial charge in [-0.3, -0.25) is 0 Å². The van der Waals surface area contributed by atoms with Crippen LogP contribution in [0.3, 0.4) is 0 Å². The van der Waals surface area contributed by atoms with Crippen LogP contribution in [0.15, 0.2) is 36.0 Å². The van der Waals surface area contributed by atoms with Gasteiger partial charge in [-0.1, -0.05) is 23.7 Å². The van der Waals surface area contributed by atoms with E-state index in [0.717, 1.165) is 11.0 Å². The fraction of sp³-hybridized carbons (Fsp3) is 0.308. The third-order valence-electron chi connectivity index (χ3n) is 3.13. The molecule has 2 unspecified atom stereocenters. The second kappa shape index (κ2) is 4.78. The molecule has 1 aliphatic rings. The average Bonchev–Trinajstić information content (AvgIpc) is 2.67. The van der Waals surface area contributed by atoms with E-state index < -0.39 is 23.8 Å². The Kier molecular flexibility index (Phi) is 3.46. The van der Waals surface area contributed by atoms with E-state index in [0.29, 0.717) is 10.6 Å². The molecule has 0 spiro atoms. The van der Waals surface area contributed by atoms with Crippen LogP contribution in [0.5, 0.6) is 0 Å². The molecule has 0 saturated heterocycles. The zero-order valence-electron chi connectivity index (χ0n) is 9.95. The van der Waals surface area contributed by atoms with Gasteiger partial charge in [0.15, 0.2) is 0 Å². The monoisotopic (exact) mass is 286 g/mol. The van der Waals surface area contributed by atoms with Gasteiger partial charge in [-0.05, 0) is 23.8 Å². The van der Waals surface area contributed by atoms with Crippen LogP contribution < -0.4 is 0 Å². The van der Waals surface area contributed by atoms with Gasteiger partial charge in [-0.15, -0.1) is 0 Å². The van der Waals surface area contributed by atoms with Crippen LogP contribution in [0.2, 0.25) is 5.02 Å². The molecule has 100 valence electrons. The molecular weight excluding hydrogens is 277 g/mol. The molecule has 0 aliphatic carbocycles. The summed E-state index contributed by atoms with van der Waals surface area (Å²) >= 11 is 5.75. The van der Waals surface area contributed by atoms with Crippen molar-refractivity contribution in [2.45, 2.75) is 12.2 Å². The van der Waals surface area contributed by atoms with Gasteiger partial charge in [-0.25, -0.2) is 0 Å². The Bertz CT molecular complexity index is 542. The van der Waals surface area contributed by atoms with Crippen molar-refractivity contribution in [1.82, 2.24) is 4.90 Å². The lowest BCUT2D eigenvalue weighted by Gasteiger charge is -2.28. The van der Waals surface area contributed by atoms with Crippen molar-refractivity contribution in [3.8, 4) is 6.07 Å². The minimum absolute atomic E-state index is 0.502. The van der Waals surface area contributed by atoms with Crippen LogP contribution in [0, 0.1) is 17.2 Å². The van der Waals surface area contributed by atoms with E-state index in [-0.39, 0.29) is 0 Å². The van der Waals surface area contributed by atoms with Crippen LogP contribution in [-0.4, -0.2) is 18.1 Å². The van der Waals surface area contributed by atoms with Gasteiger partial charge < -0.3 is 4.90 Å². The van der Waals surface area contributed by atoms with Crippen molar-refractivity contribution < 1.29 is 13.2 Å². The number of halogens is 4. The van der Waals surface area contributed by atoms with Crippen molar-refractivity contribution in [3.63, 3.8) is 0 Å². The number of rotatable bonds is 1. The number of hydrogen-bond acceptors (Lipinski definition) is 2. The minimum Gasteiger partial charge on any atom is -0.362 e. The first kappa shape index (κ1) is 13.8. The second-order valence-corrected chi connectivity index (χ2v) is 4.75. The van der Waals surface area contributed by atoms with E-state index in [4.69, 9.17) is 16.9 Å². The fourth-order valence-corrected chi connectivity index (χ4v) is 2.39. The summed E-state index contributed by atoms with van der Waals surface area (Å²) in [6.07, 6.45) is -3.48. The Morgan fingerprint density at radius 1 is 1.26 bits per heavy atom. The Hall–Kier alpha value is -1.67. The zero-order valence-corrected chi connectivity index (χ0v) is 10.7. The second-order valence-electron chi connectivity index (χ2n) is 4.31. The molecule has 2 atom stereocenters. The molecule has 1 aromatic rings. The van der Waals surface area contributed by atoms with E-state index >= 15 is 0 Å². The molecule has 0 bridgehead atoms. The maximum atomic E-state index is 12.8. The van der Waals surface area contributed by atoms with Gasteiger partial charge in [0.05, 0.1) is 18.0 Å². The van der Waals surface area contributed by atoms with Crippen molar-refractivity contribution >= 4 is 11.6 Å². The van der Waals surface area contributed by atoms with Crippen molar-refractivity contribution in [3.05, 3.63) is 46.6 Å². The summed E-state index contributed by atoms with van der Waals surface area (Å²) in [5.74, 6) is -0.831. The van der Waals surface area contributed by atoms with Gasteiger partial charge in [-0.2, -0.15) is 18.4 Å². The highest BCUT2D eigenvalue weighted by molar-refractivity contribution is 6.30. The van der Waals surface area contributed by atoms with E-state index in [1.807, 2.05) is 6.07 Å². The van der Waals surface area contributed by atoms with Crippen LogP contribution >= 0.6 is 11.6 Å². The standard InChI is InChI=1S/C13H10ClF3N2/c1-19-11(13(15,16)17)6-9(7-18)12(19)8-2-4-10(14)5-3-8/h2-6,9,12H,1H3. The van der Waals surface area contributed by atoms with Gasteiger partial charge in [0, 0.05) is 12.1 Å². The Labute approximate surface area is 113 Å². The smallest absolute Gasteiger partial charge is 0.362 e. The number of alkyl halides is 3. The lowest BCUT2D eigenvalue weighted by molar-refractivity contribution is -0.109. The van der Waals surface area contributed by atoms with Crippen molar-refractivity contribution in [2.75, 3.05) is 7.05 Å². The van der Waals surface area contributed by atoms with Crippen LogP contribution in [0.25, 0.3) is 0 Å². The van der Waals surface area contributed by atoms with Gasteiger partial charge in [0.1, 0.15) is 5.70 Å². The highest BCUT2D eigenvalue weighted by Crippen LogP contribution is 2.43. The summed E-state index contributed by atoms with van der Waals surface area (Å²) in [6, 6.07) is 7.75. The summed E-state index contributed by atoms with van der Waals surface area (Å²) in [4.78, 5) is 1.09. The van der Waals surface area contributed by atoms with Crippen LogP contribution in [0.1, 0.15) is 11.6 Å². The van der Waals surface area contributed by atoms with E-state index in [9.17, 15) is 13.2 Å². The number of nitrogens with zero attached hydrogens (tertiary/aromatic N) is 2. The maximum absolute atomic E-state index is 12.8. The molecule has 0 N–H and O–H groups in total. The predicted molar refractivity (Wildman–Crippen MR) is 65.2 cm³/mol. The van der Waals surface area contributed by atoms with Gasteiger partial charge >= 0.3 is 6.18 Å². The summed E-state index contributed by atoms with van der Waals surface area (Å²) in [5, 5.41) is 9.54. The van der Waals surface area contributed by atoms with E-state index in [2.05, 4.69) is 0 Å². The summed E-state index contributed by atoms with van der Waals surface area (Å²) in [6.45, 7) is 0. The highest BCUT2D eigenvalue weighted by atomic mass is 35.5. The van der Waals surface area contributed by atoms with Gasteiger partial charge in [0.2, 0.25) is 0 Å². The van der Waals surface area contributed by atoms with Crippen molar-refractivity contribution in [1.29, 1.82) is 5.26 Å². The first-order chi connectivity index (χ1) is 8.84. The van der Waals surface area contributed by atoms with E-state index in [1.54, 1.807) is 24.3 Å². The molecular formula is C13H10ClF3N2. The quantitative estimate of drug-likeness (QED) is 0.782. The molecule has 0 radical (unpaired) electrons. The molecule has 6 heteroatoms. The van der Waals surface area contributed by atoms with E-state index in [1.165, 1.54) is 7.05 Å². The topological polar surface area (TPSA) is 27.0 Å². The average molecular weight is 287 g/mol. The molecule has 1 heterocycles. The number of benzene rings is 1. The van der Waals surface area contributed by atoms with Gasteiger partial charge in [0.25, 0.3) is 0 Å². The first-order valence-electron chi connectivity index (χ1n) is 5.51. The van der Waals surface area contributed by atoms with Crippen LogP contribution in [0.4, 0.5) is 13.2 Å². The Morgan fingerprint density at radius 3 is 2.32 bits per heavy atom. The molecule has 0 aromatic heterocycles. The molecule has 19 heavy (non-hydrogen) atoms. The highest BCUT2D eigenvalue weighted by Gasteiger charge is 2.45. The molecule has 1 aliphatic heterocycles. The molecule has 2 rings (SSSR count). The normalized spacial score (nSPS) is 23.2. The Morgan fingerprint density at radius 2 is 1.84 bits per heavy atom. The summed E-state index contributed by atoms with van der Waals surface area (Å²) in [7, 11) is 1.34. The van der Waals surface area contributed by atoms with Crippen LogP contribution in [-0.2, 0) is 0 Å². The number of hydrogen-bond donors (Lipinski definition) is 0. The fourth-order valence-electron chi connectivity index (χ4n) is 2.26. The molecule has 0 saturated carbocycles. The molecule has 0 fully saturated rings. The third-order valence-corrected chi connectivity index (χ3v) is 3.38. The SMILES string of the molecule is CN1C(C(F)(F)F)=CC(C#N)C1c1ccc(Cl)cc1. The lowest BCUT2D eigenvalue weighted by Crippen LogP contribution is -2.28. The molecule has 0 amide bonds. The maximum Gasteiger partial charge on any atom is 0.430 e. The first-order valence-corrected chi connectivity index (χ1v) is 5.89. The summed E-state index contributed by atoms with van der Waals surface area (Å²) < 4.78 is 38.5. The number of allylic oxidation sites excluding steroid dienone is 1. The van der Waals surface area contributed by atoms with Crippen molar-refractivity contribution in [2.24, 2.45) is 5.92 Å².